The van der Waals surface area contributed by atoms with Crippen LogP contribution in [0.25, 0.3) is 82.4 Å². The summed E-state index contributed by atoms with van der Waals surface area (Å²) in [6.07, 6.45) is 0. The maximum absolute atomic E-state index is 2.50. The second-order valence-corrected chi connectivity index (χ2v) is 14.9. The molecular formula is C56H38N2. The van der Waals surface area contributed by atoms with Gasteiger partial charge in [0.25, 0.3) is 0 Å². The molecule has 0 N–H and O–H groups in total. The molecule has 58 heavy (non-hydrogen) atoms. The first-order valence-corrected chi connectivity index (χ1v) is 19.9. The van der Waals surface area contributed by atoms with Gasteiger partial charge in [-0.05, 0) is 91.8 Å². The molecule has 0 fully saturated rings. The molecule has 0 amide bonds. The molecule has 2 nitrogen and oxygen atoms in total. The van der Waals surface area contributed by atoms with Gasteiger partial charge in [0, 0.05) is 22.0 Å². The van der Waals surface area contributed by atoms with Crippen molar-refractivity contribution in [1.29, 1.82) is 0 Å². The lowest BCUT2D eigenvalue weighted by atomic mass is 9.87. The van der Waals surface area contributed by atoms with Gasteiger partial charge < -0.3 is 9.47 Å². The molecule has 0 aliphatic heterocycles. The first-order chi connectivity index (χ1) is 28.8. The summed E-state index contributed by atoms with van der Waals surface area (Å²) in [5.41, 5.74) is 13.8. The molecule has 0 aliphatic carbocycles. The van der Waals surface area contributed by atoms with E-state index in [9.17, 15) is 0 Å². The number of nitrogens with zero attached hydrogens (tertiary/aromatic N) is 2. The van der Waals surface area contributed by atoms with Crippen LogP contribution >= 0.6 is 0 Å². The van der Waals surface area contributed by atoms with Gasteiger partial charge in [0.1, 0.15) is 0 Å². The number of fused-ring (bicyclic) bond motifs is 6. The molecular weight excluding hydrogens is 701 g/mol. The van der Waals surface area contributed by atoms with E-state index in [0.29, 0.717) is 0 Å². The molecule has 0 atom stereocenters. The van der Waals surface area contributed by atoms with Gasteiger partial charge in [-0.3, -0.25) is 0 Å². The van der Waals surface area contributed by atoms with E-state index in [1.807, 2.05) is 0 Å². The summed E-state index contributed by atoms with van der Waals surface area (Å²) >= 11 is 0. The molecule has 0 aliphatic rings. The van der Waals surface area contributed by atoms with Crippen molar-refractivity contribution in [3.8, 4) is 39.1 Å². The summed E-state index contributed by atoms with van der Waals surface area (Å²) in [7, 11) is 0. The molecule has 272 valence electrons. The van der Waals surface area contributed by atoms with Crippen LogP contribution in [0.2, 0.25) is 0 Å². The maximum Gasteiger partial charge on any atom is 0.0702 e. The first kappa shape index (κ1) is 33.6. The summed E-state index contributed by atoms with van der Waals surface area (Å²) < 4.78 is 2.44. The number of rotatable bonds is 7. The zero-order valence-corrected chi connectivity index (χ0v) is 31.8. The van der Waals surface area contributed by atoms with Crippen molar-refractivity contribution >= 4 is 60.4 Å². The summed E-state index contributed by atoms with van der Waals surface area (Å²) in [6.45, 7) is 0. The third-order valence-electron chi connectivity index (χ3n) is 11.6. The van der Waals surface area contributed by atoms with E-state index in [2.05, 4.69) is 240 Å². The van der Waals surface area contributed by atoms with E-state index in [1.54, 1.807) is 0 Å². The molecule has 0 saturated heterocycles. The van der Waals surface area contributed by atoms with Gasteiger partial charge in [0.2, 0.25) is 0 Å². The van der Waals surface area contributed by atoms with Gasteiger partial charge in [-0.25, -0.2) is 0 Å². The fourth-order valence-corrected chi connectivity index (χ4v) is 9.01. The van der Waals surface area contributed by atoms with Crippen LogP contribution in [-0.4, -0.2) is 4.57 Å². The summed E-state index contributed by atoms with van der Waals surface area (Å²) in [6, 6.07) is 83.9. The van der Waals surface area contributed by atoms with Crippen LogP contribution in [0.5, 0.6) is 0 Å². The lowest BCUT2D eigenvalue weighted by Gasteiger charge is -2.32. The van der Waals surface area contributed by atoms with Crippen LogP contribution in [0, 0.1) is 0 Å². The van der Waals surface area contributed by atoms with Gasteiger partial charge in [-0.15, -0.1) is 0 Å². The average Bonchev–Trinajstić information content (AvgIpc) is 3.64. The highest BCUT2D eigenvalue weighted by molar-refractivity contribution is 6.11. The zero-order valence-electron chi connectivity index (χ0n) is 31.8. The van der Waals surface area contributed by atoms with Gasteiger partial charge in [-0.1, -0.05) is 188 Å². The molecule has 0 saturated carbocycles. The van der Waals surface area contributed by atoms with E-state index in [1.165, 1.54) is 76.7 Å². The Morgan fingerprint density at radius 1 is 0.310 bits per heavy atom. The van der Waals surface area contributed by atoms with Crippen molar-refractivity contribution in [3.05, 3.63) is 231 Å². The lowest BCUT2D eigenvalue weighted by molar-refractivity contribution is 1.15. The zero-order chi connectivity index (χ0) is 38.4. The number of hydrogen-bond acceptors (Lipinski definition) is 1. The van der Waals surface area contributed by atoms with Crippen molar-refractivity contribution in [2.75, 3.05) is 4.90 Å². The Labute approximate surface area is 338 Å². The smallest absolute Gasteiger partial charge is 0.0702 e. The Morgan fingerprint density at radius 3 is 1.57 bits per heavy atom. The number of para-hydroxylation sites is 4. The highest BCUT2D eigenvalue weighted by Gasteiger charge is 2.26. The van der Waals surface area contributed by atoms with Gasteiger partial charge in [0.05, 0.1) is 28.1 Å². The molecule has 0 radical (unpaired) electrons. The van der Waals surface area contributed by atoms with E-state index >= 15 is 0 Å². The predicted octanol–water partition coefficient (Wildman–Crippen LogP) is 15.6. The Bertz CT molecular complexity index is 3230. The van der Waals surface area contributed by atoms with Gasteiger partial charge in [0.15, 0.2) is 0 Å². The van der Waals surface area contributed by atoms with Crippen molar-refractivity contribution in [1.82, 2.24) is 4.57 Å². The SMILES string of the molecule is c1ccc(-c2ccccc2-c2c(-c3ccccc3)cccc2N(c2ccc3c(ccc4ccccc43)c2)c2ccccc2-n2c3ccccc3c3ccccc32)cc1. The second kappa shape index (κ2) is 14.1. The summed E-state index contributed by atoms with van der Waals surface area (Å²) in [5, 5.41) is 7.41. The largest absolute Gasteiger partial charge is 0.308 e. The number of aromatic nitrogens is 1. The highest BCUT2D eigenvalue weighted by Crippen LogP contribution is 2.50. The standard InChI is InChI=1S/C56H38N2/c1-3-18-39(19-4-1)45-24-9-10-27-50(45)56-47(40-20-5-2-6-21-40)28-17-33-55(56)57(43-36-37-46-42(38-43)35-34-41-22-7-8-23-44(41)46)53-31-15-16-32-54(53)58-51-29-13-11-25-48(51)49-26-12-14-30-52(49)58/h1-38H. The van der Waals surface area contributed by atoms with Crippen molar-refractivity contribution in [2.45, 2.75) is 0 Å². The van der Waals surface area contributed by atoms with Crippen molar-refractivity contribution in [3.63, 3.8) is 0 Å². The summed E-state index contributed by atoms with van der Waals surface area (Å²) in [4.78, 5) is 2.50. The third-order valence-corrected chi connectivity index (χ3v) is 11.6. The maximum atomic E-state index is 2.50. The van der Waals surface area contributed by atoms with Crippen LogP contribution in [-0.2, 0) is 0 Å². The van der Waals surface area contributed by atoms with E-state index in [4.69, 9.17) is 0 Å². The van der Waals surface area contributed by atoms with Crippen LogP contribution in [0.15, 0.2) is 231 Å². The monoisotopic (exact) mass is 738 g/mol. The minimum atomic E-state index is 1.08. The van der Waals surface area contributed by atoms with Gasteiger partial charge in [-0.2, -0.15) is 0 Å². The average molecular weight is 739 g/mol. The predicted molar refractivity (Wildman–Crippen MR) is 247 cm³/mol. The molecule has 0 bridgehead atoms. The lowest BCUT2D eigenvalue weighted by Crippen LogP contribution is -2.14. The molecule has 11 rings (SSSR count). The normalized spacial score (nSPS) is 11.4. The summed E-state index contributed by atoms with van der Waals surface area (Å²) in [5.74, 6) is 0. The van der Waals surface area contributed by atoms with E-state index in [0.717, 1.165) is 22.7 Å². The second-order valence-electron chi connectivity index (χ2n) is 14.9. The minimum absolute atomic E-state index is 1.08. The van der Waals surface area contributed by atoms with Crippen molar-refractivity contribution < 1.29 is 0 Å². The van der Waals surface area contributed by atoms with Crippen LogP contribution in [0.4, 0.5) is 17.1 Å². The van der Waals surface area contributed by atoms with Gasteiger partial charge >= 0.3 is 0 Å². The van der Waals surface area contributed by atoms with Crippen LogP contribution in [0.1, 0.15) is 0 Å². The molecule has 2 heteroatoms. The number of hydrogen-bond donors (Lipinski definition) is 0. The first-order valence-electron chi connectivity index (χ1n) is 19.9. The minimum Gasteiger partial charge on any atom is -0.308 e. The fraction of sp³-hybridized carbons (Fsp3) is 0. The number of benzene rings is 10. The molecule has 10 aromatic carbocycles. The van der Waals surface area contributed by atoms with Crippen molar-refractivity contribution in [2.24, 2.45) is 0 Å². The Morgan fingerprint density at radius 2 is 0.828 bits per heavy atom. The highest BCUT2D eigenvalue weighted by atomic mass is 15.2. The molecule has 1 heterocycles. The fourth-order valence-electron chi connectivity index (χ4n) is 9.01. The quantitative estimate of drug-likeness (QED) is 0.148. The molecule has 0 spiro atoms. The van der Waals surface area contributed by atoms with E-state index in [-0.39, 0.29) is 0 Å². The molecule has 11 aromatic rings. The van der Waals surface area contributed by atoms with Crippen LogP contribution in [0.3, 0.4) is 0 Å². The molecule has 0 unspecified atom stereocenters. The number of anilines is 3. The topological polar surface area (TPSA) is 8.17 Å². The third kappa shape index (κ3) is 5.57. The molecule has 1 aromatic heterocycles. The van der Waals surface area contributed by atoms with E-state index < -0.39 is 0 Å². The Balaban J connectivity index is 1.26. The Hall–Kier alpha value is -7.68. The Kier molecular flexibility index (Phi) is 8.19. The van der Waals surface area contributed by atoms with Crippen LogP contribution < -0.4 is 4.90 Å².